The summed E-state index contributed by atoms with van der Waals surface area (Å²) in [6, 6.07) is 6.21. The number of aryl methyl sites for hydroxylation is 3. The van der Waals surface area contributed by atoms with E-state index in [4.69, 9.17) is 11.6 Å². The maximum atomic E-state index is 13.8. The Balaban J connectivity index is 2.04. The smallest absolute Gasteiger partial charge is 0.206 e. The zero-order valence-corrected chi connectivity index (χ0v) is 13.6. The number of hydrogen-bond donors (Lipinski definition) is 0. The number of nitrogens with zero attached hydrogens (tertiary/aromatic N) is 6. The van der Waals surface area contributed by atoms with Gasteiger partial charge in [0.05, 0.1) is 11.9 Å². The van der Waals surface area contributed by atoms with Gasteiger partial charge in [-0.25, -0.2) is 9.07 Å². The Hall–Kier alpha value is -2.54. The number of benzene rings is 1. The highest BCUT2D eigenvalue weighted by Gasteiger charge is 2.13. The molecule has 0 fully saturated rings. The minimum absolute atomic E-state index is 0.282. The molecule has 2 aromatic heterocycles. The molecule has 0 saturated carbocycles. The monoisotopic (exact) mass is 332 g/mol. The van der Waals surface area contributed by atoms with Crippen molar-refractivity contribution >= 4 is 17.8 Å². The van der Waals surface area contributed by atoms with Crippen LogP contribution in [0.2, 0.25) is 5.02 Å². The Morgan fingerprint density at radius 3 is 2.65 bits per heavy atom. The lowest BCUT2D eigenvalue weighted by atomic mass is 10.2. The first-order valence-corrected chi connectivity index (χ1v) is 7.28. The number of hydrogen-bond acceptors (Lipinski definition) is 4. The summed E-state index contributed by atoms with van der Waals surface area (Å²) in [5, 5.41) is 17.2. The molecule has 118 valence electrons. The van der Waals surface area contributed by atoms with Gasteiger partial charge in [0, 0.05) is 16.3 Å². The average molecular weight is 333 g/mol. The average Bonchev–Trinajstić information content (AvgIpc) is 3.02. The van der Waals surface area contributed by atoms with E-state index < -0.39 is 5.82 Å². The molecule has 0 unspecified atom stereocenters. The maximum Gasteiger partial charge on any atom is 0.273 e. The van der Waals surface area contributed by atoms with Crippen LogP contribution in [-0.4, -0.2) is 30.9 Å². The van der Waals surface area contributed by atoms with E-state index in [1.54, 1.807) is 11.6 Å². The van der Waals surface area contributed by atoms with E-state index in [1.165, 1.54) is 29.1 Å². The number of aromatic nitrogens is 5. The van der Waals surface area contributed by atoms with Gasteiger partial charge in [0.2, 0.25) is 0 Å². The zero-order chi connectivity index (χ0) is 16.6. The van der Waals surface area contributed by atoms with Gasteiger partial charge in [-0.2, -0.15) is 14.9 Å². The Bertz CT molecular complexity index is 896. The molecule has 0 atom stereocenters. The van der Waals surface area contributed by atoms with E-state index in [0.717, 1.165) is 11.4 Å². The second kappa shape index (κ2) is 5.92. The van der Waals surface area contributed by atoms with E-state index in [-0.39, 0.29) is 5.56 Å². The van der Waals surface area contributed by atoms with E-state index in [2.05, 4.69) is 20.4 Å². The molecular formula is C15H14ClFN6. The lowest BCUT2D eigenvalue weighted by molar-refractivity contribution is 0.625. The van der Waals surface area contributed by atoms with Crippen molar-refractivity contribution in [1.82, 2.24) is 24.7 Å². The lowest BCUT2D eigenvalue weighted by Gasteiger charge is -2.04. The quantitative estimate of drug-likeness (QED) is 0.692. The van der Waals surface area contributed by atoms with Crippen LogP contribution < -0.4 is 0 Å². The predicted octanol–water partition coefficient (Wildman–Crippen LogP) is 3.06. The Labute approximate surface area is 137 Å². The first kappa shape index (κ1) is 15.4. The van der Waals surface area contributed by atoms with Crippen LogP contribution in [0.1, 0.15) is 22.8 Å². The molecule has 0 bridgehead atoms. The second-order valence-corrected chi connectivity index (χ2v) is 5.54. The molecule has 1 aromatic carbocycles. The van der Waals surface area contributed by atoms with Crippen molar-refractivity contribution in [1.29, 1.82) is 0 Å². The van der Waals surface area contributed by atoms with Gasteiger partial charge in [-0.3, -0.25) is 0 Å². The Kier molecular flexibility index (Phi) is 3.96. The van der Waals surface area contributed by atoms with Gasteiger partial charge in [-0.15, -0.1) is 10.2 Å². The van der Waals surface area contributed by atoms with Crippen LogP contribution in [0.4, 0.5) is 4.39 Å². The van der Waals surface area contributed by atoms with Crippen molar-refractivity contribution < 1.29 is 4.39 Å². The minimum Gasteiger partial charge on any atom is -0.206 e. The molecule has 0 N–H and O–H groups in total. The molecule has 0 aliphatic heterocycles. The Morgan fingerprint density at radius 1 is 1.17 bits per heavy atom. The van der Waals surface area contributed by atoms with Crippen molar-refractivity contribution in [3.8, 4) is 5.95 Å². The fourth-order valence-corrected chi connectivity index (χ4v) is 2.36. The summed E-state index contributed by atoms with van der Waals surface area (Å²) in [6.07, 6.45) is 1.38. The third-order valence-corrected chi connectivity index (χ3v) is 3.48. The van der Waals surface area contributed by atoms with Crippen molar-refractivity contribution in [2.24, 2.45) is 5.10 Å². The third kappa shape index (κ3) is 3.00. The first-order chi connectivity index (χ1) is 11.0. The van der Waals surface area contributed by atoms with Crippen molar-refractivity contribution in [2.45, 2.75) is 20.8 Å². The summed E-state index contributed by atoms with van der Waals surface area (Å²) >= 11 is 5.89. The zero-order valence-electron chi connectivity index (χ0n) is 12.8. The van der Waals surface area contributed by atoms with Crippen LogP contribution >= 0.6 is 11.6 Å². The van der Waals surface area contributed by atoms with E-state index in [0.29, 0.717) is 16.8 Å². The van der Waals surface area contributed by atoms with Crippen LogP contribution in [0.5, 0.6) is 0 Å². The fourth-order valence-electron chi connectivity index (χ4n) is 2.18. The summed E-state index contributed by atoms with van der Waals surface area (Å²) in [4.78, 5) is 0. The van der Waals surface area contributed by atoms with Crippen LogP contribution in [0, 0.1) is 26.6 Å². The molecule has 0 spiro atoms. The highest BCUT2D eigenvalue weighted by molar-refractivity contribution is 6.30. The first-order valence-electron chi connectivity index (χ1n) is 6.91. The molecule has 0 saturated heterocycles. The van der Waals surface area contributed by atoms with Gasteiger partial charge in [-0.1, -0.05) is 11.6 Å². The third-order valence-electron chi connectivity index (χ3n) is 3.25. The molecule has 3 rings (SSSR count). The van der Waals surface area contributed by atoms with Crippen LogP contribution in [0.25, 0.3) is 5.95 Å². The molecular weight excluding hydrogens is 319 g/mol. The van der Waals surface area contributed by atoms with Crippen molar-refractivity contribution in [3.63, 3.8) is 0 Å². The molecule has 23 heavy (non-hydrogen) atoms. The summed E-state index contributed by atoms with van der Waals surface area (Å²) < 4.78 is 16.9. The summed E-state index contributed by atoms with van der Waals surface area (Å²) in [6.45, 7) is 5.56. The molecule has 2 heterocycles. The molecule has 6 nitrogen and oxygen atoms in total. The van der Waals surface area contributed by atoms with Gasteiger partial charge in [-0.05, 0) is 45.0 Å². The second-order valence-electron chi connectivity index (χ2n) is 5.11. The highest BCUT2D eigenvalue weighted by Crippen LogP contribution is 2.15. The largest absolute Gasteiger partial charge is 0.273 e. The SMILES string of the molecule is Cc1cc(C)n(-c2nnc(C)n2/N=C/c2cc(Cl)ccc2F)n1. The summed E-state index contributed by atoms with van der Waals surface area (Å²) in [5.74, 6) is 0.592. The molecule has 0 amide bonds. The normalized spacial score (nSPS) is 11.5. The van der Waals surface area contributed by atoms with Gasteiger partial charge in [0.25, 0.3) is 5.95 Å². The lowest BCUT2D eigenvalue weighted by Crippen LogP contribution is -2.08. The van der Waals surface area contributed by atoms with Crippen molar-refractivity contribution in [3.05, 3.63) is 57.9 Å². The fraction of sp³-hybridized carbons (Fsp3) is 0.200. The number of halogens is 2. The van der Waals surface area contributed by atoms with Gasteiger partial charge in [0.15, 0.2) is 5.82 Å². The van der Waals surface area contributed by atoms with Crippen molar-refractivity contribution in [2.75, 3.05) is 0 Å². The van der Waals surface area contributed by atoms with Gasteiger partial charge >= 0.3 is 0 Å². The van der Waals surface area contributed by atoms with Crippen LogP contribution in [0.15, 0.2) is 29.4 Å². The van der Waals surface area contributed by atoms with Crippen LogP contribution in [-0.2, 0) is 0 Å². The van der Waals surface area contributed by atoms with E-state index in [9.17, 15) is 4.39 Å². The molecule has 0 radical (unpaired) electrons. The van der Waals surface area contributed by atoms with Gasteiger partial charge in [0.1, 0.15) is 5.82 Å². The maximum absolute atomic E-state index is 13.8. The molecule has 8 heteroatoms. The topological polar surface area (TPSA) is 60.9 Å². The van der Waals surface area contributed by atoms with Gasteiger partial charge < -0.3 is 0 Å². The predicted molar refractivity (Wildman–Crippen MR) is 85.8 cm³/mol. The summed E-state index contributed by atoms with van der Waals surface area (Å²) in [7, 11) is 0. The van der Waals surface area contributed by atoms with E-state index in [1.807, 2.05) is 19.9 Å². The molecule has 0 aliphatic rings. The highest BCUT2D eigenvalue weighted by atomic mass is 35.5. The van der Waals surface area contributed by atoms with Crippen LogP contribution in [0.3, 0.4) is 0 Å². The van der Waals surface area contributed by atoms with E-state index >= 15 is 0 Å². The molecule has 3 aromatic rings. The summed E-state index contributed by atoms with van der Waals surface area (Å²) in [5.41, 5.74) is 2.05. The Morgan fingerprint density at radius 2 is 1.96 bits per heavy atom. The number of rotatable bonds is 3. The minimum atomic E-state index is -0.406. The molecule has 0 aliphatic carbocycles. The standard InChI is InChI=1S/C15H14ClFN6/c1-9-6-10(2)22(21-9)15-20-19-11(3)23(15)18-8-12-7-13(16)4-5-14(12)17/h4-8H,1-3H3/b18-8+.